The summed E-state index contributed by atoms with van der Waals surface area (Å²) in [5, 5.41) is 9.76. The van der Waals surface area contributed by atoms with Crippen LogP contribution in [0.2, 0.25) is 0 Å². The highest BCUT2D eigenvalue weighted by atomic mass is 32.3. The second-order valence-electron chi connectivity index (χ2n) is 4.10. The molecule has 0 saturated carbocycles. The molecule has 17 heavy (non-hydrogen) atoms. The molecule has 2 aliphatic rings. The van der Waals surface area contributed by atoms with Crippen LogP contribution in [0.3, 0.4) is 0 Å². The SMILES string of the molecule is N#CCCN(N)C1=N[S+](=O)([O-])C2=C1CCCC2. The Balaban J connectivity index is 2.27. The first-order valence-corrected chi connectivity index (χ1v) is 6.97. The van der Waals surface area contributed by atoms with Crippen molar-refractivity contribution in [1.29, 1.82) is 5.26 Å². The van der Waals surface area contributed by atoms with Gasteiger partial charge in [-0.2, -0.15) is 5.26 Å². The van der Waals surface area contributed by atoms with E-state index < -0.39 is 10.4 Å². The van der Waals surface area contributed by atoms with Crippen LogP contribution in [0.25, 0.3) is 0 Å². The molecule has 0 spiro atoms. The molecule has 1 atom stereocenters. The molecule has 6 nitrogen and oxygen atoms in total. The van der Waals surface area contributed by atoms with Crippen LogP contribution in [0.15, 0.2) is 14.9 Å². The van der Waals surface area contributed by atoms with Crippen LogP contribution in [0.4, 0.5) is 0 Å². The van der Waals surface area contributed by atoms with E-state index >= 15 is 0 Å². The molecule has 0 aromatic heterocycles. The zero-order valence-corrected chi connectivity index (χ0v) is 10.2. The maximum atomic E-state index is 11.8. The molecule has 1 aliphatic heterocycles. The molecular formula is C10H14N4O2S. The lowest BCUT2D eigenvalue weighted by molar-refractivity contribution is 0.447. The Labute approximate surface area is 101 Å². The van der Waals surface area contributed by atoms with Gasteiger partial charge in [-0.1, -0.05) is 4.21 Å². The van der Waals surface area contributed by atoms with E-state index in [-0.39, 0.29) is 6.42 Å². The Morgan fingerprint density at radius 1 is 1.53 bits per heavy atom. The third-order valence-corrected chi connectivity index (χ3v) is 4.43. The van der Waals surface area contributed by atoms with E-state index in [1.54, 1.807) is 0 Å². The van der Waals surface area contributed by atoms with Crippen LogP contribution in [0.5, 0.6) is 0 Å². The molecule has 0 amide bonds. The van der Waals surface area contributed by atoms with Gasteiger partial charge in [0.25, 0.3) is 0 Å². The molecule has 0 fully saturated rings. The number of nitrogens with zero attached hydrogens (tertiary/aromatic N) is 3. The summed E-state index contributed by atoms with van der Waals surface area (Å²) in [7, 11) is -3.50. The predicted octanol–water partition coefficient (Wildman–Crippen LogP) is 0.861. The molecular weight excluding hydrogens is 240 g/mol. The maximum Gasteiger partial charge on any atom is 0.205 e. The van der Waals surface area contributed by atoms with Gasteiger partial charge < -0.3 is 4.55 Å². The first-order chi connectivity index (χ1) is 8.06. The van der Waals surface area contributed by atoms with Gasteiger partial charge in [-0.15, -0.1) is 0 Å². The third-order valence-electron chi connectivity index (χ3n) is 2.94. The Morgan fingerprint density at radius 3 is 2.94 bits per heavy atom. The molecule has 0 bridgehead atoms. The molecule has 0 saturated heterocycles. The quantitative estimate of drug-likeness (QED) is 0.447. The number of allylic oxidation sites excluding steroid dienone is 1. The highest BCUT2D eigenvalue weighted by molar-refractivity contribution is 8.00. The minimum Gasteiger partial charge on any atom is -0.587 e. The van der Waals surface area contributed by atoms with Gasteiger partial charge >= 0.3 is 0 Å². The van der Waals surface area contributed by atoms with Crippen LogP contribution in [-0.4, -0.2) is 21.9 Å². The zero-order chi connectivity index (χ0) is 12.5. The van der Waals surface area contributed by atoms with E-state index in [0.29, 0.717) is 30.1 Å². The molecule has 0 radical (unpaired) electrons. The van der Waals surface area contributed by atoms with Gasteiger partial charge in [-0.25, -0.2) is 5.84 Å². The zero-order valence-electron chi connectivity index (χ0n) is 9.39. The number of amidine groups is 1. The third kappa shape index (κ3) is 2.24. The summed E-state index contributed by atoms with van der Waals surface area (Å²) in [6.45, 7) is 0.293. The van der Waals surface area contributed by atoms with E-state index in [1.807, 2.05) is 6.07 Å². The summed E-state index contributed by atoms with van der Waals surface area (Å²) in [6, 6.07) is 1.97. The first kappa shape index (κ1) is 12.2. The second kappa shape index (κ2) is 4.56. The van der Waals surface area contributed by atoms with E-state index in [2.05, 4.69) is 4.40 Å². The number of nitriles is 1. The topological polar surface area (TPSA) is 106 Å². The van der Waals surface area contributed by atoms with Crippen molar-refractivity contribution < 1.29 is 8.76 Å². The molecule has 2 N–H and O–H groups in total. The van der Waals surface area contributed by atoms with Gasteiger partial charge in [-0.3, -0.25) is 5.01 Å². The fourth-order valence-corrected chi connectivity index (χ4v) is 3.58. The Hall–Kier alpha value is -1.23. The monoisotopic (exact) mass is 254 g/mol. The lowest BCUT2D eigenvalue weighted by Crippen LogP contribution is -2.38. The highest BCUT2D eigenvalue weighted by Gasteiger charge is 2.40. The van der Waals surface area contributed by atoms with Crippen LogP contribution in [0.1, 0.15) is 32.1 Å². The van der Waals surface area contributed by atoms with Crippen molar-refractivity contribution in [3.63, 3.8) is 0 Å². The molecule has 1 aliphatic carbocycles. The van der Waals surface area contributed by atoms with E-state index in [0.717, 1.165) is 18.4 Å². The largest absolute Gasteiger partial charge is 0.587 e. The van der Waals surface area contributed by atoms with E-state index in [1.165, 1.54) is 5.01 Å². The second-order valence-corrected chi connectivity index (χ2v) is 5.73. The molecule has 1 heterocycles. The number of rotatable bonds is 2. The Morgan fingerprint density at radius 2 is 2.24 bits per heavy atom. The minimum absolute atomic E-state index is 0.248. The van der Waals surface area contributed by atoms with Crippen molar-refractivity contribution in [2.45, 2.75) is 32.1 Å². The average Bonchev–Trinajstić information content (AvgIpc) is 2.59. The van der Waals surface area contributed by atoms with Gasteiger partial charge in [0.15, 0.2) is 4.91 Å². The van der Waals surface area contributed by atoms with Crippen LogP contribution < -0.4 is 5.84 Å². The standard InChI is InChI=1S/C10H14N4O2S/c11-6-3-7-14(12)10-8-4-1-2-5-9(8)17(15,16)13-10/h1-5,7,12H2. The Kier molecular flexibility index (Phi) is 3.28. The summed E-state index contributed by atoms with van der Waals surface area (Å²) in [5.41, 5.74) is 0.747. The highest BCUT2D eigenvalue weighted by Crippen LogP contribution is 2.38. The van der Waals surface area contributed by atoms with E-state index in [9.17, 15) is 8.76 Å². The lowest BCUT2D eigenvalue weighted by Gasteiger charge is -2.18. The normalized spacial score (nSPS) is 27.5. The first-order valence-electron chi connectivity index (χ1n) is 5.53. The van der Waals surface area contributed by atoms with Crippen molar-refractivity contribution in [3.8, 4) is 6.07 Å². The predicted molar refractivity (Wildman–Crippen MR) is 62.9 cm³/mol. The lowest BCUT2D eigenvalue weighted by atomic mass is 9.98. The minimum atomic E-state index is -3.50. The molecule has 0 aromatic carbocycles. The summed E-state index contributed by atoms with van der Waals surface area (Å²) in [6.07, 6.45) is 3.34. The van der Waals surface area contributed by atoms with Gasteiger partial charge in [0.2, 0.25) is 16.2 Å². The Bertz CT molecular complexity index is 477. The van der Waals surface area contributed by atoms with Crippen LogP contribution in [-0.2, 0) is 14.6 Å². The summed E-state index contributed by atoms with van der Waals surface area (Å²) < 4.78 is 27.3. The van der Waals surface area contributed by atoms with Gasteiger partial charge in [-0.05, 0) is 23.7 Å². The fraction of sp³-hybridized carbons (Fsp3) is 0.600. The molecule has 92 valence electrons. The van der Waals surface area contributed by atoms with E-state index in [4.69, 9.17) is 11.1 Å². The molecule has 2 rings (SSSR count). The summed E-state index contributed by atoms with van der Waals surface area (Å²) in [4.78, 5) is 0.422. The van der Waals surface area contributed by atoms with Crippen molar-refractivity contribution in [2.75, 3.05) is 6.54 Å². The van der Waals surface area contributed by atoms with Crippen molar-refractivity contribution in [3.05, 3.63) is 10.5 Å². The number of sulfonamides is 1. The van der Waals surface area contributed by atoms with Gasteiger partial charge in [0.1, 0.15) is 0 Å². The molecule has 7 heteroatoms. The maximum absolute atomic E-state index is 11.8. The smallest absolute Gasteiger partial charge is 0.205 e. The van der Waals surface area contributed by atoms with Gasteiger partial charge in [0, 0.05) is 13.0 Å². The average molecular weight is 254 g/mol. The van der Waals surface area contributed by atoms with Crippen molar-refractivity contribution >= 4 is 16.2 Å². The number of hydrogen-bond acceptors (Lipinski definition) is 5. The van der Waals surface area contributed by atoms with Crippen LogP contribution >= 0.6 is 0 Å². The number of hydrogen-bond donors (Lipinski definition) is 1. The number of nitrogens with two attached hydrogens (primary N) is 1. The van der Waals surface area contributed by atoms with Crippen molar-refractivity contribution in [1.82, 2.24) is 5.01 Å². The number of hydrazine groups is 1. The van der Waals surface area contributed by atoms with Crippen molar-refractivity contribution in [2.24, 2.45) is 10.2 Å². The van der Waals surface area contributed by atoms with Gasteiger partial charge in [0.05, 0.1) is 18.1 Å². The fourth-order valence-electron chi connectivity index (χ4n) is 2.12. The molecule has 1 unspecified atom stereocenters. The summed E-state index contributed by atoms with van der Waals surface area (Å²) >= 11 is 0. The molecule has 0 aromatic rings. The summed E-state index contributed by atoms with van der Waals surface area (Å²) in [5.74, 6) is 6.07. The van der Waals surface area contributed by atoms with Crippen LogP contribution in [0, 0.1) is 11.3 Å².